The molecule has 0 saturated heterocycles. The zero-order valence-corrected chi connectivity index (χ0v) is 23.3. The van der Waals surface area contributed by atoms with Gasteiger partial charge in [-0.05, 0) is 60.2 Å². The van der Waals surface area contributed by atoms with Crippen molar-refractivity contribution in [2.45, 2.75) is 40.0 Å². The Balaban J connectivity index is 2.04. The van der Waals surface area contributed by atoms with Crippen LogP contribution >= 0.6 is 0 Å². The number of rotatable bonds is 7. The monoisotopic (exact) mass is 545 g/mol. The molecule has 2 aromatic carbocycles. The Morgan fingerprint density at radius 2 is 1.68 bits per heavy atom. The van der Waals surface area contributed by atoms with Crippen molar-refractivity contribution in [3.05, 3.63) is 52.7 Å². The zero-order chi connectivity index (χ0) is 28.4. The third kappa shape index (κ3) is 6.59. The number of ether oxygens (including phenoxy) is 3. The number of nitrogens with one attached hydrogen (secondary N) is 2. The van der Waals surface area contributed by atoms with Crippen LogP contribution in [0.15, 0.2) is 30.5 Å². The summed E-state index contributed by atoms with van der Waals surface area (Å²) in [6, 6.07) is 6.76. The van der Waals surface area contributed by atoms with E-state index in [0.717, 1.165) is 22.9 Å². The van der Waals surface area contributed by atoms with Crippen LogP contribution in [0.3, 0.4) is 0 Å². The van der Waals surface area contributed by atoms with Gasteiger partial charge in [0.15, 0.2) is 5.75 Å². The van der Waals surface area contributed by atoms with E-state index in [0.29, 0.717) is 16.9 Å². The largest absolute Gasteiger partial charge is 0.515 e. The van der Waals surface area contributed by atoms with Gasteiger partial charge in [-0.2, -0.15) is 0 Å². The molecule has 204 valence electrons. The maximum atomic E-state index is 13.4. The molecule has 0 radical (unpaired) electrons. The SMILES string of the molecule is COC(=O)Oc1cn(-c2cc(C(=O)Nc3cc(C(C)(C)C)cc(NS(C)(=O)=O)c3OC)cc(C)c2C)nn1. The predicted molar refractivity (Wildman–Crippen MR) is 142 cm³/mol. The van der Waals surface area contributed by atoms with E-state index in [1.165, 1.54) is 25.1 Å². The summed E-state index contributed by atoms with van der Waals surface area (Å²) in [6.07, 6.45) is 1.49. The molecule has 0 spiro atoms. The molecule has 1 aromatic heterocycles. The smallest absolute Gasteiger partial charge is 0.492 e. The van der Waals surface area contributed by atoms with Gasteiger partial charge in [0.2, 0.25) is 10.0 Å². The van der Waals surface area contributed by atoms with E-state index in [1.807, 2.05) is 34.6 Å². The predicted octanol–water partition coefficient (Wildman–Crippen LogP) is 3.96. The standard InChI is InChI=1S/C25H31N5O7S/c1-14-9-16(10-20(15(14)2)30-13-21(27-29-30)37-24(32)36-7)23(31)26-18-11-17(25(3,4)5)12-19(22(18)35-6)28-38(8,33)34/h9-13,28H,1-8H3,(H,26,31). The highest BCUT2D eigenvalue weighted by molar-refractivity contribution is 7.92. The molecular weight excluding hydrogens is 514 g/mol. The number of amides is 1. The van der Waals surface area contributed by atoms with Gasteiger partial charge in [0.1, 0.15) is 0 Å². The topological polar surface area (TPSA) is 151 Å². The van der Waals surface area contributed by atoms with Crippen molar-refractivity contribution >= 4 is 33.5 Å². The number of carbonyl (C=O) groups excluding carboxylic acids is 2. The van der Waals surface area contributed by atoms with Gasteiger partial charge in [-0.15, -0.1) is 0 Å². The number of nitrogens with zero attached hydrogens (tertiary/aromatic N) is 3. The normalized spacial score (nSPS) is 11.6. The Hall–Kier alpha value is -4.13. The molecule has 1 heterocycles. The fraction of sp³-hybridized carbons (Fsp3) is 0.360. The van der Waals surface area contributed by atoms with Crippen molar-refractivity contribution in [1.29, 1.82) is 0 Å². The second-order valence-electron chi connectivity index (χ2n) is 9.68. The van der Waals surface area contributed by atoms with Crippen molar-refractivity contribution in [3.8, 4) is 17.3 Å². The number of benzene rings is 2. The summed E-state index contributed by atoms with van der Waals surface area (Å²) < 4.78 is 42.7. The van der Waals surface area contributed by atoms with Crippen molar-refractivity contribution in [2.75, 3.05) is 30.5 Å². The summed E-state index contributed by atoms with van der Waals surface area (Å²) in [7, 11) is -1.05. The first-order valence-electron chi connectivity index (χ1n) is 11.4. The molecule has 0 aliphatic carbocycles. The van der Waals surface area contributed by atoms with Crippen molar-refractivity contribution in [3.63, 3.8) is 0 Å². The van der Waals surface area contributed by atoms with Crippen LogP contribution in [0.25, 0.3) is 5.69 Å². The van der Waals surface area contributed by atoms with Crippen molar-refractivity contribution in [2.24, 2.45) is 0 Å². The molecule has 2 N–H and O–H groups in total. The Morgan fingerprint density at radius 3 is 2.26 bits per heavy atom. The number of hydrogen-bond donors (Lipinski definition) is 2. The molecule has 3 aromatic rings. The van der Waals surface area contributed by atoms with Crippen LogP contribution in [0.1, 0.15) is 47.8 Å². The molecule has 0 atom stereocenters. The number of sulfonamides is 1. The number of hydrogen-bond acceptors (Lipinski definition) is 9. The molecule has 1 amide bonds. The van der Waals surface area contributed by atoms with Gasteiger partial charge in [-0.25, -0.2) is 17.9 Å². The molecule has 12 nitrogen and oxygen atoms in total. The van der Waals surface area contributed by atoms with Gasteiger partial charge in [0, 0.05) is 5.56 Å². The molecule has 0 fully saturated rings. The van der Waals surface area contributed by atoms with Gasteiger partial charge in [-0.1, -0.05) is 31.1 Å². The summed E-state index contributed by atoms with van der Waals surface area (Å²) in [5.74, 6) is -0.365. The summed E-state index contributed by atoms with van der Waals surface area (Å²) in [5.41, 5.74) is 3.39. The molecule has 38 heavy (non-hydrogen) atoms. The molecule has 13 heteroatoms. The lowest BCUT2D eigenvalue weighted by molar-refractivity contribution is 0.102. The molecule has 0 aliphatic heterocycles. The van der Waals surface area contributed by atoms with Crippen LogP contribution in [0.5, 0.6) is 11.6 Å². The van der Waals surface area contributed by atoms with Crippen molar-refractivity contribution < 1.29 is 32.2 Å². The highest BCUT2D eigenvalue weighted by Crippen LogP contribution is 2.39. The average molecular weight is 546 g/mol. The van der Waals surface area contributed by atoms with Crippen LogP contribution in [0, 0.1) is 13.8 Å². The van der Waals surface area contributed by atoms with Gasteiger partial charge < -0.3 is 19.5 Å². The first kappa shape index (κ1) is 28.4. The van der Waals surface area contributed by atoms with E-state index < -0.39 is 22.1 Å². The van der Waals surface area contributed by atoms with Crippen molar-refractivity contribution in [1.82, 2.24) is 15.0 Å². The number of methoxy groups -OCH3 is 2. The Bertz CT molecular complexity index is 1490. The van der Waals surface area contributed by atoms with Gasteiger partial charge in [-0.3, -0.25) is 9.52 Å². The minimum atomic E-state index is -3.62. The molecule has 0 bridgehead atoms. The first-order valence-corrected chi connectivity index (χ1v) is 13.3. The lowest BCUT2D eigenvalue weighted by Crippen LogP contribution is -2.18. The van der Waals surface area contributed by atoms with Gasteiger partial charge in [0.25, 0.3) is 11.8 Å². The van der Waals surface area contributed by atoms with E-state index >= 15 is 0 Å². The number of anilines is 2. The summed E-state index contributed by atoms with van der Waals surface area (Å²) in [5, 5.41) is 10.6. The minimum Gasteiger partial charge on any atom is -0.492 e. The lowest BCUT2D eigenvalue weighted by Gasteiger charge is -2.24. The van der Waals surface area contributed by atoms with E-state index in [9.17, 15) is 18.0 Å². The quantitative estimate of drug-likeness (QED) is 0.420. The van der Waals surface area contributed by atoms with Crippen LogP contribution in [-0.2, 0) is 20.2 Å². The van der Waals surface area contributed by atoms with Crippen LogP contribution in [0.4, 0.5) is 16.2 Å². The summed E-state index contributed by atoms with van der Waals surface area (Å²) in [6.45, 7) is 9.60. The van der Waals surface area contributed by atoms with Crippen LogP contribution in [-0.4, -0.2) is 55.9 Å². The molecule has 0 unspecified atom stereocenters. The zero-order valence-electron chi connectivity index (χ0n) is 22.5. The average Bonchev–Trinajstić information content (AvgIpc) is 3.26. The van der Waals surface area contributed by atoms with E-state index in [2.05, 4.69) is 25.1 Å². The maximum Gasteiger partial charge on any atom is 0.515 e. The fourth-order valence-electron chi connectivity index (χ4n) is 3.59. The minimum absolute atomic E-state index is 0.0709. The lowest BCUT2D eigenvalue weighted by atomic mass is 9.86. The van der Waals surface area contributed by atoms with E-state index in [-0.39, 0.29) is 22.7 Å². The van der Waals surface area contributed by atoms with E-state index in [1.54, 1.807) is 24.3 Å². The number of aromatic nitrogens is 3. The molecule has 0 aliphatic rings. The highest BCUT2D eigenvalue weighted by atomic mass is 32.2. The first-order chi connectivity index (χ1) is 17.6. The maximum absolute atomic E-state index is 13.4. The van der Waals surface area contributed by atoms with E-state index in [4.69, 9.17) is 9.47 Å². The Kier molecular flexibility index (Phi) is 8.01. The van der Waals surface area contributed by atoms with Crippen LogP contribution < -0.4 is 19.5 Å². The Morgan fingerprint density at radius 1 is 1.03 bits per heavy atom. The second kappa shape index (κ2) is 10.7. The van der Waals surface area contributed by atoms with Gasteiger partial charge in [0.05, 0.1) is 43.7 Å². The van der Waals surface area contributed by atoms with Crippen LogP contribution in [0.2, 0.25) is 0 Å². The third-order valence-electron chi connectivity index (χ3n) is 5.68. The highest BCUT2D eigenvalue weighted by Gasteiger charge is 2.23. The fourth-order valence-corrected chi connectivity index (χ4v) is 4.15. The number of carbonyl (C=O) groups is 2. The summed E-state index contributed by atoms with van der Waals surface area (Å²) in [4.78, 5) is 24.8. The number of aryl methyl sites for hydroxylation is 1. The summed E-state index contributed by atoms with van der Waals surface area (Å²) >= 11 is 0. The molecule has 3 rings (SSSR count). The molecule has 0 saturated carbocycles. The molecular formula is C25H31N5O7S. The third-order valence-corrected chi connectivity index (χ3v) is 6.27. The van der Waals surface area contributed by atoms with Gasteiger partial charge >= 0.3 is 6.16 Å². The second-order valence-corrected chi connectivity index (χ2v) is 11.4. The Labute approximate surface area is 221 Å².